The Morgan fingerprint density at radius 2 is 0.476 bits per heavy atom. The fourth-order valence-electron chi connectivity index (χ4n) is 5.30. The Bertz CT molecular complexity index is 461. The summed E-state index contributed by atoms with van der Waals surface area (Å²) in [6.07, 6.45) is 40.4. The van der Waals surface area contributed by atoms with Crippen molar-refractivity contribution in [3.8, 4) is 0 Å². The first-order chi connectivity index (χ1) is 19.5. The summed E-state index contributed by atoms with van der Waals surface area (Å²) < 4.78 is 0. The van der Waals surface area contributed by atoms with E-state index in [-0.39, 0.29) is 50.4 Å². The van der Waals surface area contributed by atoms with E-state index in [4.69, 9.17) is 10.2 Å². The Morgan fingerprint density at radius 3 is 0.619 bits per heavy atom. The van der Waals surface area contributed by atoms with Crippen molar-refractivity contribution in [2.75, 3.05) is 0 Å². The van der Waals surface area contributed by atoms with Crippen molar-refractivity contribution in [2.24, 2.45) is 0 Å². The van der Waals surface area contributed by atoms with E-state index >= 15 is 0 Å². The van der Waals surface area contributed by atoms with Crippen LogP contribution in [0.2, 0.25) is 0 Å². The summed E-state index contributed by atoms with van der Waals surface area (Å²) in [4.78, 5) is 20.7. The summed E-state index contributed by atoms with van der Waals surface area (Å²) in [6.45, 7) is 4.54. The van der Waals surface area contributed by atoms with Crippen LogP contribution in [0, 0.1) is 0 Å². The molecule has 0 aromatic heterocycles. The van der Waals surface area contributed by atoms with Crippen molar-refractivity contribution in [1.82, 2.24) is 0 Å². The van der Waals surface area contributed by atoms with Gasteiger partial charge < -0.3 is 10.2 Å². The van der Waals surface area contributed by atoms with E-state index in [0.717, 1.165) is 25.7 Å². The third-order valence-corrected chi connectivity index (χ3v) is 7.99. The van der Waals surface area contributed by atoms with Crippen molar-refractivity contribution in [3.05, 3.63) is 0 Å². The van der Waals surface area contributed by atoms with Crippen LogP contribution in [0.5, 0.6) is 0 Å². The third kappa shape index (κ3) is 53.2. The second kappa shape index (κ2) is 46.1. The maximum absolute atomic E-state index is 10.3. The zero-order valence-electron chi connectivity index (χ0n) is 28.0. The van der Waals surface area contributed by atoms with E-state index < -0.39 is 11.9 Å². The van der Waals surface area contributed by atoms with Crippen LogP contribution in [0.3, 0.4) is 0 Å². The van der Waals surface area contributed by atoms with E-state index in [9.17, 15) is 9.59 Å². The molecule has 42 heavy (non-hydrogen) atoms. The molecule has 0 rings (SSSR count). The second-order valence-corrected chi connectivity index (χ2v) is 12.2. The largest absolute Gasteiger partial charge is 0.481 e. The topological polar surface area (TPSA) is 74.6 Å². The fourth-order valence-corrected chi connectivity index (χ4v) is 5.30. The molecule has 0 saturated heterocycles. The van der Waals surface area contributed by atoms with Crippen LogP contribution in [0.1, 0.15) is 219 Å². The molecule has 0 radical (unpaired) electrons. The molecule has 0 fully saturated rings. The van der Waals surface area contributed by atoms with Crippen molar-refractivity contribution in [2.45, 2.75) is 219 Å². The minimum Gasteiger partial charge on any atom is -0.481 e. The van der Waals surface area contributed by atoms with E-state index in [0.29, 0.717) is 12.8 Å². The molecule has 6 heteroatoms. The van der Waals surface area contributed by atoms with Gasteiger partial charge in [0.15, 0.2) is 0 Å². The van der Waals surface area contributed by atoms with Gasteiger partial charge in [-0.2, -0.15) is 0 Å². The summed E-state index contributed by atoms with van der Waals surface area (Å²) >= 11 is 0. The second-order valence-electron chi connectivity index (χ2n) is 12.2. The fraction of sp³-hybridized carbons (Fsp3) is 0.944. The van der Waals surface area contributed by atoms with E-state index in [1.54, 1.807) is 0 Å². The normalized spacial score (nSPS) is 10.3. The molecule has 0 spiro atoms. The SMILES string of the molecule is CCCCCCCCCCCCCCCCCC(=O)O.CCCCCCCCCCCCCCCCCC(=O)O.[Cd].[MgH2]. The number of carboxylic acid groups (broad SMARTS) is 2. The maximum Gasteiger partial charge on any atom is 0.316 e. The van der Waals surface area contributed by atoms with Gasteiger partial charge in [0, 0.05) is 40.1 Å². The monoisotopic (exact) mass is 708 g/mol. The molecule has 0 amide bonds. The summed E-state index contributed by atoms with van der Waals surface area (Å²) in [7, 11) is 0. The number of unbranched alkanes of at least 4 members (excludes halogenated alkanes) is 28. The van der Waals surface area contributed by atoms with Crippen LogP contribution in [0.4, 0.5) is 0 Å². The molecule has 0 aliphatic heterocycles. The summed E-state index contributed by atoms with van der Waals surface area (Å²) in [5, 5.41) is 17.0. The molecule has 0 atom stereocenters. The van der Waals surface area contributed by atoms with Gasteiger partial charge in [0.25, 0.3) is 0 Å². The summed E-state index contributed by atoms with van der Waals surface area (Å²) in [5.41, 5.74) is 0. The van der Waals surface area contributed by atoms with E-state index in [1.807, 2.05) is 0 Å². The van der Waals surface area contributed by atoms with Gasteiger partial charge in [-0.15, -0.1) is 0 Å². The van der Waals surface area contributed by atoms with Crippen LogP contribution < -0.4 is 0 Å². The molecule has 2 N–H and O–H groups in total. The van der Waals surface area contributed by atoms with Crippen molar-refractivity contribution >= 4 is 35.0 Å². The van der Waals surface area contributed by atoms with Crippen molar-refractivity contribution in [1.29, 1.82) is 0 Å². The van der Waals surface area contributed by atoms with Gasteiger partial charge in [0.1, 0.15) is 0 Å². The Balaban J connectivity index is -0.000000328. The molecule has 0 saturated carbocycles. The molecule has 0 unspecified atom stereocenters. The molecule has 246 valence electrons. The van der Waals surface area contributed by atoms with Gasteiger partial charge in [0.2, 0.25) is 0 Å². The molecule has 0 heterocycles. The third-order valence-electron chi connectivity index (χ3n) is 7.99. The molecule has 0 aliphatic rings. The average Bonchev–Trinajstić information content (AvgIpc) is 2.93. The van der Waals surface area contributed by atoms with E-state index in [2.05, 4.69) is 13.8 Å². The average molecular weight is 708 g/mol. The number of carbonyl (C=O) groups is 2. The predicted molar refractivity (Wildman–Crippen MR) is 183 cm³/mol. The molecule has 0 bridgehead atoms. The number of carboxylic acids is 2. The molecule has 0 aromatic carbocycles. The number of rotatable bonds is 32. The maximum atomic E-state index is 10.3. The van der Waals surface area contributed by atoms with Gasteiger partial charge in [0.05, 0.1) is 0 Å². The zero-order chi connectivity index (χ0) is 29.8. The first kappa shape index (κ1) is 49.5. The summed E-state index contributed by atoms with van der Waals surface area (Å²) in [5.74, 6) is -1.31. The smallest absolute Gasteiger partial charge is 0.316 e. The molecule has 0 aromatic rings. The standard InChI is InChI=1S/2C18H36O2.Cd.Mg.2H/c2*1-2-3-4-5-6-7-8-9-10-11-12-13-14-15-16-17-18(19)20;;;;/h2*2-17H2,1H3,(H,19,20);;;;. The van der Waals surface area contributed by atoms with Gasteiger partial charge in [-0.05, 0) is 12.8 Å². The van der Waals surface area contributed by atoms with Gasteiger partial charge in [-0.25, -0.2) is 0 Å². The number of hydrogen-bond acceptors (Lipinski definition) is 2. The van der Waals surface area contributed by atoms with Gasteiger partial charge in [-0.1, -0.05) is 194 Å². The zero-order valence-corrected chi connectivity index (χ0v) is 32.1. The number of hydrogen-bond donors (Lipinski definition) is 2. The van der Waals surface area contributed by atoms with Gasteiger partial charge >= 0.3 is 35.0 Å². The predicted octanol–water partition coefficient (Wildman–Crippen LogP) is 11.7. The van der Waals surface area contributed by atoms with Crippen molar-refractivity contribution in [3.63, 3.8) is 0 Å². The van der Waals surface area contributed by atoms with Crippen LogP contribution in [0.15, 0.2) is 0 Å². The quantitative estimate of drug-likeness (QED) is 0.0539. The molecular weight excluding hydrogens is 633 g/mol. The van der Waals surface area contributed by atoms with Crippen LogP contribution in [-0.4, -0.2) is 45.2 Å². The molecule has 4 nitrogen and oxygen atoms in total. The first-order valence-corrected chi connectivity index (χ1v) is 18.0. The number of aliphatic carboxylic acids is 2. The first-order valence-electron chi connectivity index (χ1n) is 18.0. The Morgan fingerprint density at radius 1 is 0.333 bits per heavy atom. The Labute approximate surface area is 299 Å². The van der Waals surface area contributed by atoms with Crippen LogP contribution >= 0.6 is 0 Å². The Hall–Kier alpha value is 0.628. The summed E-state index contributed by atoms with van der Waals surface area (Å²) in [6, 6.07) is 0. The van der Waals surface area contributed by atoms with E-state index in [1.165, 1.54) is 167 Å². The Kier molecular flexibility index (Phi) is 54.3. The van der Waals surface area contributed by atoms with Gasteiger partial charge in [-0.3, -0.25) is 9.59 Å². The molecular formula is C36H74CdMgO4. The molecule has 0 aliphatic carbocycles. The van der Waals surface area contributed by atoms with Crippen LogP contribution in [0.25, 0.3) is 0 Å². The van der Waals surface area contributed by atoms with Crippen LogP contribution in [-0.2, 0) is 36.9 Å². The minimum atomic E-state index is -0.653. The minimum absolute atomic E-state index is 0. The van der Waals surface area contributed by atoms with Crippen molar-refractivity contribution < 1.29 is 47.1 Å².